The van der Waals surface area contributed by atoms with Gasteiger partial charge in [0.05, 0.1) is 6.20 Å². The average Bonchev–Trinajstić information content (AvgIpc) is 3.53. The third kappa shape index (κ3) is 5.24. The normalized spacial score (nSPS) is 19.4. The molecule has 2 aliphatic rings. The van der Waals surface area contributed by atoms with E-state index >= 15 is 0 Å². The number of carbonyl (C=O) groups is 3. The fourth-order valence-electron chi connectivity index (χ4n) is 4.73. The number of nitrogens with zero attached hydrogens (tertiary/aromatic N) is 2. The predicted octanol–water partition coefficient (Wildman–Crippen LogP) is 4.40. The van der Waals surface area contributed by atoms with Crippen molar-refractivity contribution in [2.75, 3.05) is 4.90 Å². The second-order valence-corrected chi connectivity index (χ2v) is 9.74. The summed E-state index contributed by atoms with van der Waals surface area (Å²) < 4.78 is 47.1. The molecule has 1 aromatic heterocycles. The van der Waals surface area contributed by atoms with Crippen LogP contribution in [0.25, 0.3) is 11.3 Å². The summed E-state index contributed by atoms with van der Waals surface area (Å²) in [6.45, 7) is 0. The Kier molecular flexibility index (Phi) is 6.87. The molecule has 2 heterocycles. The molecule has 0 spiro atoms. The number of hydrogen-bond donors (Lipinski definition) is 2. The first-order chi connectivity index (χ1) is 18.1. The number of halogens is 4. The van der Waals surface area contributed by atoms with Crippen molar-refractivity contribution in [1.29, 1.82) is 0 Å². The van der Waals surface area contributed by atoms with Gasteiger partial charge in [-0.05, 0) is 30.7 Å². The quantitative estimate of drug-likeness (QED) is 0.457. The molecule has 38 heavy (non-hydrogen) atoms. The summed E-state index contributed by atoms with van der Waals surface area (Å²) >= 11 is 6.45. The van der Waals surface area contributed by atoms with E-state index in [1.807, 2.05) is 0 Å². The molecule has 2 unspecified atom stereocenters. The van der Waals surface area contributed by atoms with Crippen molar-refractivity contribution in [3.63, 3.8) is 0 Å². The highest BCUT2D eigenvalue weighted by molar-refractivity contribution is 6.31. The molecule has 0 bridgehead atoms. The summed E-state index contributed by atoms with van der Waals surface area (Å²) in [6, 6.07) is 8.15. The third-order valence-corrected chi connectivity index (χ3v) is 6.90. The Morgan fingerprint density at radius 3 is 2.58 bits per heavy atom. The van der Waals surface area contributed by atoms with E-state index in [4.69, 9.17) is 16.1 Å². The van der Waals surface area contributed by atoms with Crippen molar-refractivity contribution in [2.45, 2.75) is 49.7 Å². The summed E-state index contributed by atoms with van der Waals surface area (Å²) in [6.07, 6.45) is 0.526. The van der Waals surface area contributed by atoms with E-state index in [0.717, 1.165) is 11.0 Å². The van der Waals surface area contributed by atoms with Gasteiger partial charge in [0.2, 0.25) is 11.8 Å². The standard InChI is InChI=1S/C26H22ClF3N4O4/c27-19-4-2-1-3-18(19)23(24(36)32-16-12-26(29,30)13-16)34(25(37)20-5-6-22(35)33-20)17-10-14(9-15(28)11-17)21-7-8-31-38-21/h1-4,7-11,16,20,23H,5-6,12-13H2,(H,32,36)(H,33,35). The molecule has 2 aromatic carbocycles. The SMILES string of the molecule is O=C1CCC(C(=O)N(c2cc(F)cc(-c3ccno3)c2)C(C(=O)NC2CC(F)(F)C2)c2ccccc2Cl)N1. The molecular weight excluding hydrogens is 525 g/mol. The molecule has 3 amide bonds. The van der Waals surface area contributed by atoms with Crippen LogP contribution in [0.2, 0.25) is 5.02 Å². The van der Waals surface area contributed by atoms with Crippen LogP contribution in [-0.4, -0.2) is 40.9 Å². The van der Waals surface area contributed by atoms with Crippen LogP contribution in [0, 0.1) is 5.82 Å². The highest BCUT2D eigenvalue weighted by Crippen LogP contribution is 2.39. The minimum atomic E-state index is -2.89. The highest BCUT2D eigenvalue weighted by Gasteiger charge is 2.47. The van der Waals surface area contributed by atoms with E-state index < -0.39 is 54.5 Å². The fourth-order valence-corrected chi connectivity index (χ4v) is 4.97. The van der Waals surface area contributed by atoms with Gasteiger partial charge in [-0.1, -0.05) is 35.0 Å². The first-order valence-corrected chi connectivity index (χ1v) is 12.3. The van der Waals surface area contributed by atoms with Gasteiger partial charge in [0.25, 0.3) is 11.8 Å². The van der Waals surface area contributed by atoms with E-state index in [1.54, 1.807) is 12.1 Å². The van der Waals surface area contributed by atoms with Gasteiger partial charge in [0.15, 0.2) is 5.76 Å². The monoisotopic (exact) mass is 546 g/mol. The van der Waals surface area contributed by atoms with E-state index in [0.29, 0.717) is 0 Å². The maximum absolute atomic E-state index is 14.9. The van der Waals surface area contributed by atoms with Gasteiger partial charge in [0.1, 0.15) is 17.9 Å². The van der Waals surface area contributed by atoms with Crippen molar-refractivity contribution < 1.29 is 32.1 Å². The van der Waals surface area contributed by atoms with E-state index in [-0.39, 0.29) is 46.3 Å². The zero-order valence-electron chi connectivity index (χ0n) is 19.8. The first kappa shape index (κ1) is 25.8. The second-order valence-electron chi connectivity index (χ2n) is 9.34. The number of hydrogen-bond acceptors (Lipinski definition) is 5. The summed E-state index contributed by atoms with van der Waals surface area (Å²) in [4.78, 5) is 40.6. The zero-order valence-corrected chi connectivity index (χ0v) is 20.6. The van der Waals surface area contributed by atoms with Gasteiger partial charge >= 0.3 is 0 Å². The summed E-state index contributed by atoms with van der Waals surface area (Å²) in [5.41, 5.74) is 0.408. The molecule has 8 nitrogen and oxygen atoms in total. The Bertz CT molecular complexity index is 1380. The zero-order chi connectivity index (χ0) is 27.0. The molecule has 1 aliphatic heterocycles. The highest BCUT2D eigenvalue weighted by atomic mass is 35.5. The Morgan fingerprint density at radius 1 is 1.18 bits per heavy atom. The number of rotatable bonds is 7. The Balaban J connectivity index is 1.62. The molecular formula is C26H22ClF3N4O4. The molecule has 1 saturated heterocycles. The van der Waals surface area contributed by atoms with Crippen LogP contribution < -0.4 is 15.5 Å². The van der Waals surface area contributed by atoms with Gasteiger partial charge in [-0.2, -0.15) is 0 Å². The third-order valence-electron chi connectivity index (χ3n) is 6.56. The second kappa shape index (κ2) is 10.1. The lowest BCUT2D eigenvalue weighted by Gasteiger charge is -2.38. The molecule has 2 fully saturated rings. The number of carbonyl (C=O) groups excluding carboxylic acids is 3. The summed E-state index contributed by atoms with van der Waals surface area (Å²) in [5, 5.41) is 8.91. The summed E-state index contributed by atoms with van der Waals surface area (Å²) in [7, 11) is 0. The molecule has 0 radical (unpaired) electrons. The minimum absolute atomic E-state index is 0.0263. The van der Waals surface area contributed by atoms with Crippen LogP contribution in [0.3, 0.4) is 0 Å². The maximum Gasteiger partial charge on any atom is 0.252 e. The molecule has 198 valence electrons. The van der Waals surface area contributed by atoms with Gasteiger partial charge in [-0.3, -0.25) is 19.3 Å². The van der Waals surface area contributed by atoms with Crippen LogP contribution in [-0.2, 0) is 14.4 Å². The predicted molar refractivity (Wildman–Crippen MR) is 131 cm³/mol. The Morgan fingerprint density at radius 2 is 1.95 bits per heavy atom. The molecule has 1 saturated carbocycles. The summed E-state index contributed by atoms with van der Waals surface area (Å²) in [5.74, 6) is -5.23. The van der Waals surface area contributed by atoms with Crippen LogP contribution in [0.5, 0.6) is 0 Å². The van der Waals surface area contributed by atoms with Crippen molar-refractivity contribution in [2.24, 2.45) is 0 Å². The van der Waals surface area contributed by atoms with Crippen molar-refractivity contribution in [3.05, 3.63) is 71.1 Å². The van der Waals surface area contributed by atoms with E-state index in [1.165, 1.54) is 36.5 Å². The Hall–Kier alpha value is -3.86. The topological polar surface area (TPSA) is 105 Å². The van der Waals surface area contributed by atoms with Crippen LogP contribution >= 0.6 is 11.6 Å². The molecule has 5 rings (SSSR count). The smallest absolute Gasteiger partial charge is 0.252 e. The number of nitrogens with one attached hydrogen (secondary N) is 2. The van der Waals surface area contributed by atoms with Gasteiger partial charge in [0, 0.05) is 53.2 Å². The lowest BCUT2D eigenvalue weighted by Crippen LogP contribution is -2.55. The van der Waals surface area contributed by atoms with Crippen molar-refractivity contribution in [1.82, 2.24) is 15.8 Å². The fraction of sp³-hybridized carbons (Fsp3) is 0.308. The molecule has 3 aromatic rings. The number of anilines is 1. The number of aromatic nitrogens is 1. The molecule has 1 aliphatic carbocycles. The van der Waals surface area contributed by atoms with Gasteiger partial charge in [-0.25, -0.2) is 13.2 Å². The lowest BCUT2D eigenvalue weighted by atomic mass is 9.87. The van der Waals surface area contributed by atoms with Crippen LogP contribution in [0.4, 0.5) is 18.9 Å². The number of alkyl halides is 2. The molecule has 2 atom stereocenters. The van der Waals surface area contributed by atoms with Crippen molar-refractivity contribution >= 4 is 35.0 Å². The first-order valence-electron chi connectivity index (χ1n) is 11.9. The van der Waals surface area contributed by atoms with E-state index in [2.05, 4.69) is 15.8 Å². The number of amides is 3. The minimum Gasteiger partial charge on any atom is -0.356 e. The van der Waals surface area contributed by atoms with Gasteiger partial charge < -0.3 is 15.2 Å². The maximum atomic E-state index is 14.9. The van der Waals surface area contributed by atoms with Gasteiger partial charge in [-0.15, -0.1) is 0 Å². The molecule has 12 heteroatoms. The largest absolute Gasteiger partial charge is 0.356 e. The average molecular weight is 547 g/mol. The Labute approximate surface area is 220 Å². The van der Waals surface area contributed by atoms with Crippen LogP contribution in [0.1, 0.15) is 37.3 Å². The lowest BCUT2D eigenvalue weighted by molar-refractivity contribution is -0.133. The molecule has 2 N–H and O–H groups in total. The van der Waals surface area contributed by atoms with E-state index in [9.17, 15) is 27.6 Å². The van der Waals surface area contributed by atoms with Crippen molar-refractivity contribution in [3.8, 4) is 11.3 Å². The van der Waals surface area contributed by atoms with Crippen LogP contribution in [0.15, 0.2) is 59.3 Å². The number of benzene rings is 2.